The molecule has 1 saturated heterocycles. The number of carbonyl (C=O) groups is 2. The molecule has 7 heteroatoms. The van der Waals surface area contributed by atoms with Crippen molar-refractivity contribution in [2.45, 2.75) is 52.4 Å². The predicted octanol–water partition coefficient (Wildman–Crippen LogP) is 3.96. The van der Waals surface area contributed by atoms with E-state index in [1.807, 2.05) is 53.7 Å². The normalized spacial score (nSPS) is 17.1. The van der Waals surface area contributed by atoms with Crippen molar-refractivity contribution >= 4 is 29.8 Å². The number of amides is 3. The van der Waals surface area contributed by atoms with E-state index in [-0.39, 0.29) is 22.5 Å². The van der Waals surface area contributed by atoms with Gasteiger partial charge >= 0.3 is 6.03 Å². The highest BCUT2D eigenvalue weighted by molar-refractivity contribution is 8.04. The van der Waals surface area contributed by atoms with Gasteiger partial charge in [0, 0.05) is 11.1 Å². The molecule has 0 unspecified atom stereocenters. The first-order valence-corrected chi connectivity index (χ1v) is 9.33. The Kier molecular flexibility index (Phi) is 5.44. The number of hydrogen-bond donors (Lipinski definition) is 3. The van der Waals surface area contributed by atoms with Gasteiger partial charge in [-0.25, -0.2) is 15.2 Å². The number of phenols is 1. The van der Waals surface area contributed by atoms with Crippen molar-refractivity contribution in [3.63, 3.8) is 0 Å². The summed E-state index contributed by atoms with van der Waals surface area (Å²) in [6, 6.07) is 2.91. The fraction of sp³-hybridized carbons (Fsp3) is 0.474. The van der Waals surface area contributed by atoms with Crippen molar-refractivity contribution in [2.24, 2.45) is 0 Å². The molecule has 0 aliphatic carbocycles. The molecule has 6 nitrogen and oxygen atoms in total. The summed E-state index contributed by atoms with van der Waals surface area (Å²) in [7, 11) is 0. The summed E-state index contributed by atoms with van der Waals surface area (Å²) in [6.45, 7) is 12.1. The van der Waals surface area contributed by atoms with Crippen molar-refractivity contribution in [1.82, 2.24) is 10.4 Å². The molecule has 2 rings (SSSR count). The summed E-state index contributed by atoms with van der Waals surface area (Å²) >= 11 is 1.23. The molecule has 3 N–H and O–H groups in total. The van der Waals surface area contributed by atoms with Crippen LogP contribution >= 0.6 is 11.8 Å². The number of thioether (sulfide) groups is 1. The third-order valence-corrected chi connectivity index (χ3v) is 5.18. The fourth-order valence-electron chi connectivity index (χ4n) is 2.74. The topological polar surface area (TPSA) is 89.9 Å². The molecule has 142 valence electrons. The van der Waals surface area contributed by atoms with Crippen molar-refractivity contribution in [3.05, 3.63) is 33.7 Å². The zero-order valence-corrected chi connectivity index (χ0v) is 16.8. The Morgan fingerprint density at radius 3 is 2.08 bits per heavy atom. The monoisotopic (exact) mass is 378 g/mol. The number of imide groups is 1. The second-order valence-electron chi connectivity index (χ2n) is 8.40. The van der Waals surface area contributed by atoms with Crippen molar-refractivity contribution in [3.8, 4) is 5.75 Å². The van der Waals surface area contributed by atoms with Crippen molar-refractivity contribution < 1.29 is 19.9 Å². The molecule has 0 atom stereocenters. The van der Waals surface area contributed by atoms with Crippen LogP contribution in [0.1, 0.15) is 58.2 Å². The van der Waals surface area contributed by atoms with Gasteiger partial charge in [-0.3, -0.25) is 10.0 Å². The Morgan fingerprint density at radius 1 is 1.15 bits per heavy atom. The quantitative estimate of drug-likeness (QED) is 0.391. The molecule has 0 aromatic heterocycles. The number of phenolic OH excluding ortho intramolecular Hbond substituents is 1. The molecule has 0 spiro atoms. The maximum absolute atomic E-state index is 12.4. The van der Waals surface area contributed by atoms with Gasteiger partial charge in [0.1, 0.15) is 5.75 Å². The lowest BCUT2D eigenvalue weighted by Crippen LogP contribution is -2.39. The van der Waals surface area contributed by atoms with E-state index in [4.69, 9.17) is 5.21 Å². The van der Waals surface area contributed by atoms with Crippen LogP contribution in [0.4, 0.5) is 4.79 Å². The van der Waals surface area contributed by atoms with Gasteiger partial charge in [-0.2, -0.15) is 0 Å². The summed E-state index contributed by atoms with van der Waals surface area (Å²) in [4.78, 5) is 25.2. The third-order valence-electron chi connectivity index (χ3n) is 4.19. The molecule has 0 bridgehead atoms. The molecular formula is C19H26N2O4S. The van der Waals surface area contributed by atoms with Crippen LogP contribution in [0, 0.1) is 0 Å². The van der Waals surface area contributed by atoms with Crippen LogP contribution in [0.3, 0.4) is 0 Å². The summed E-state index contributed by atoms with van der Waals surface area (Å²) in [5.41, 5.74) is 3.34. The van der Waals surface area contributed by atoms with E-state index in [0.717, 1.165) is 21.6 Å². The second kappa shape index (κ2) is 6.96. The average molecular weight is 378 g/mol. The van der Waals surface area contributed by atoms with E-state index in [1.54, 1.807) is 6.08 Å². The smallest absolute Gasteiger partial charge is 0.348 e. The number of nitrogens with one attached hydrogen (secondary N) is 1. The van der Waals surface area contributed by atoms with Crippen LogP contribution in [0.15, 0.2) is 17.0 Å². The molecule has 1 aromatic rings. The van der Waals surface area contributed by atoms with Crippen LogP contribution in [0.2, 0.25) is 0 Å². The van der Waals surface area contributed by atoms with Gasteiger partial charge in [0.2, 0.25) is 0 Å². The van der Waals surface area contributed by atoms with Crippen LogP contribution in [0.5, 0.6) is 5.75 Å². The SMILES string of the molecule is CC(C)(C)c1cc(/C=C2\SCN(C(=O)NO)C2=O)cc(C(C)(C)C)c1O. The second-order valence-corrected chi connectivity index (χ2v) is 9.38. The van der Waals surface area contributed by atoms with Crippen LogP contribution < -0.4 is 5.48 Å². The molecule has 3 amide bonds. The standard InChI is InChI=1S/C19H26N2O4S/c1-18(2,3)12-7-11(8-13(15(12)22)19(4,5)6)9-14-16(23)21(10-26-14)17(24)20-25/h7-9,22,25H,10H2,1-6H3,(H,20,24)/b14-9-. The maximum Gasteiger partial charge on any atom is 0.348 e. The van der Waals surface area contributed by atoms with Gasteiger partial charge in [0.25, 0.3) is 5.91 Å². The Labute approximate surface area is 158 Å². The van der Waals surface area contributed by atoms with Crippen LogP contribution in [0.25, 0.3) is 6.08 Å². The Balaban J connectivity index is 2.54. The third kappa shape index (κ3) is 4.04. The molecule has 26 heavy (non-hydrogen) atoms. The lowest BCUT2D eigenvalue weighted by Gasteiger charge is -2.28. The van der Waals surface area contributed by atoms with Crippen LogP contribution in [-0.4, -0.2) is 33.0 Å². The van der Waals surface area contributed by atoms with E-state index in [0.29, 0.717) is 4.91 Å². The van der Waals surface area contributed by atoms with E-state index < -0.39 is 11.9 Å². The fourth-order valence-corrected chi connectivity index (χ4v) is 3.69. The number of carbonyl (C=O) groups excluding carboxylic acids is 2. The minimum Gasteiger partial charge on any atom is -0.507 e. The summed E-state index contributed by atoms with van der Waals surface area (Å²) in [5, 5.41) is 19.5. The summed E-state index contributed by atoms with van der Waals surface area (Å²) < 4.78 is 0. The van der Waals surface area contributed by atoms with Crippen LogP contribution in [-0.2, 0) is 15.6 Å². The Hall–Kier alpha value is -1.99. The molecule has 1 aliphatic rings. The zero-order valence-electron chi connectivity index (χ0n) is 16.0. The number of nitrogens with zero attached hydrogens (tertiary/aromatic N) is 1. The van der Waals surface area contributed by atoms with Gasteiger partial charge < -0.3 is 5.11 Å². The number of hydroxylamine groups is 1. The van der Waals surface area contributed by atoms with Crippen molar-refractivity contribution in [2.75, 3.05) is 5.88 Å². The first kappa shape index (κ1) is 20.3. The number of urea groups is 1. The highest BCUT2D eigenvalue weighted by atomic mass is 32.2. The zero-order chi connectivity index (χ0) is 19.9. The Bertz CT molecular complexity index is 738. The average Bonchev–Trinajstić information content (AvgIpc) is 2.87. The summed E-state index contributed by atoms with van der Waals surface area (Å²) in [5.74, 6) is -0.0315. The van der Waals surface area contributed by atoms with Gasteiger partial charge in [-0.05, 0) is 34.6 Å². The number of hydrogen-bond acceptors (Lipinski definition) is 5. The number of aromatic hydroxyl groups is 1. The van der Waals surface area contributed by atoms with Gasteiger partial charge in [-0.1, -0.05) is 53.3 Å². The van der Waals surface area contributed by atoms with Gasteiger partial charge in [0.15, 0.2) is 0 Å². The first-order valence-electron chi connectivity index (χ1n) is 8.34. The largest absolute Gasteiger partial charge is 0.507 e. The lowest BCUT2D eigenvalue weighted by molar-refractivity contribution is -0.122. The minimum atomic E-state index is -0.845. The molecule has 1 heterocycles. The minimum absolute atomic E-state index is 0.146. The van der Waals surface area contributed by atoms with E-state index in [1.165, 1.54) is 17.2 Å². The molecule has 0 radical (unpaired) electrons. The highest BCUT2D eigenvalue weighted by Crippen LogP contribution is 2.41. The molecule has 0 saturated carbocycles. The predicted molar refractivity (Wildman–Crippen MR) is 103 cm³/mol. The molecular weight excluding hydrogens is 352 g/mol. The first-order chi connectivity index (χ1) is 11.9. The lowest BCUT2D eigenvalue weighted by atomic mass is 9.78. The maximum atomic E-state index is 12.4. The van der Waals surface area contributed by atoms with Gasteiger partial charge in [-0.15, -0.1) is 0 Å². The van der Waals surface area contributed by atoms with E-state index >= 15 is 0 Å². The number of rotatable bonds is 1. The van der Waals surface area contributed by atoms with Gasteiger partial charge in [0.05, 0.1) is 10.8 Å². The highest BCUT2D eigenvalue weighted by Gasteiger charge is 2.32. The molecule has 1 aliphatic heterocycles. The molecule has 1 aromatic carbocycles. The Morgan fingerprint density at radius 2 is 1.65 bits per heavy atom. The van der Waals surface area contributed by atoms with Crippen molar-refractivity contribution in [1.29, 1.82) is 0 Å². The van der Waals surface area contributed by atoms with E-state index in [9.17, 15) is 14.7 Å². The molecule has 1 fully saturated rings. The number of benzene rings is 1. The summed E-state index contributed by atoms with van der Waals surface area (Å²) in [6.07, 6.45) is 1.72. The van der Waals surface area contributed by atoms with E-state index in [2.05, 4.69) is 0 Å².